The van der Waals surface area contributed by atoms with Gasteiger partial charge in [0.1, 0.15) is 17.6 Å². The van der Waals surface area contributed by atoms with Crippen molar-refractivity contribution in [1.82, 2.24) is 10.2 Å². The van der Waals surface area contributed by atoms with Gasteiger partial charge in [0.05, 0.1) is 0 Å². The Labute approximate surface area is 225 Å². The normalized spacial score (nSPS) is 14.3. The monoisotopic (exact) mass is 516 g/mol. The van der Waals surface area contributed by atoms with E-state index in [2.05, 4.69) is 19.2 Å². The summed E-state index contributed by atoms with van der Waals surface area (Å²) in [4.78, 5) is 28.8. The molecule has 3 aromatic carbocycles. The highest BCUT2D eigenvalue weighted by Crippen LogP contribution is 2.22. The molecule has 6 heteroatoms. The van der Waals surface area contributed by atoms with Crippen LogP contribution in [0.5, 0.6) is 5.75 Å². The first-order valence-electron chi connectivity index (χ1n) is 13.5. The summed E-state index contributed by atoms with van der Waals surface area (Å²) in [6.45, 7) is 3.95. The molecule has 4 rings (SSSR count). The van der Waals surface area contributed by atoms with Crippen LogP contribution >= 0.6 is 0 Å². The molecule has 1 saturated carbocycles. The van der Waals surface area contributed by atoms with Crippen LogP contribution in [0.4, 0.5) is 4.39 Å². The van der Waals surface area contributed by atoms with Crippen molar-refractivity contribution in [2.45, 2.75) is 70.5 Å². The standard InChI is InChI=1S/C32H37FN2O3/c1-23(2)25-16-18-28(19-17-25)38-22-31(36)35(21-26-12-6-9-15-29(26)33)30(20-24-10-4-3-5-11-24)32(37)34-27-13-7-8-14-27/h3-6,9-12,15-19,23,27,30H,7-8,13-14,20-22H2,1-2H3,(H,34,37)/t30-/m1/s1. The van der Waals surface area contributed by atoms with Crippen molar-refractivity contribution in [3.8, 4) is 5.75 Å². The lowest BCUT2D eigenvalue weighted by atomic mass is 10.0. The maximum Gasteiger partial charge on any atom is 0.261 e. The largest absolute Gasteiger partial charge is 0.484 e. The fourth-order valence-electron chi connectivity index (χ4n) is 4.91. The molecular formula is C32H37FN2O3. The van der Waals surface area contributed by atoms with Gasteiger partial charge in [-0.05, 0) is 48.1 Å². The molecule has 1 aliphatic rings. The van der Waals surface area contributed by atoms with Gasteiger partial charge in [0, 0.05) is 24.6 Å². The minimum absolute atomic E-state index is 0.0310. The van der Waals surface area contributed by atoms with Gasteiger partial charge >= 0.3 is 0 Å². The van der Waals surface area contributed by atoms with Crippen LogP contribution in [0, 0.1) is 5.82 Å². The number of nitrogens with one attached hydrogen (secondary N) is 1. The number of carbonyl (C=O) groups is 2. The summed E-state index contributed by atoms with van der Waals surface area (Å²) >= 11 is 0. The van der Waals surface area contributed by atoms with Gasteiger partial charge in [-0.1, -0.05) is 87.4 Å². The van der Waals surface area contributed by atoms with Gasteiger partial charge in [-0.3, -0.25) is 9.59 Å². The minimum Gasteiger partial charge on any atom is -0.484 e. The summed E-state index contributed by atoms with van der Waals surface area (Å²) in [7, 11) is 0. The van der Waals surface area contributed by atoms with Crippen LogP contribution in [0.3, 0.4) is 0 Å². The zero-order chi connectivity index (χ0) is 26.9. The van der Waals surface area contributed by atoms with E-state index in [0.717, 1.165) is 31.2 Å². The second-order valence-corrected chi connectivity index (χ2v) is 10.3. The molecule has 0 bridgehead atoms. The first-order chi connectivity index (χ1) is 18.4. The van der Waals surface area contributed by atoms with E-state index in [9.17, 15) is 14.0 Å². The molecule has 1 fully saturated rings. The van der Waals surface area contributed by atoms with Crippen molar-refractivity contribution in [3.05, 3.63) is 101 Å². The zero-order valence-electron chi connectivity index (χ0n) is 22.2. The van der Waals surface area contributed by atoms with Gasteiger partial charge in [0.15, 0.2) is 6.61 Å². The maximum absolute atomic E-state index is 14.7. The van der Waals surface area contributed by atoms with Crippen molar-refractivity contribution < 1.29 is 18.7 Å². The van der Waals surface area contributed by atoms with E-state index < -0.39 is 11.9 Å². The number of carbonyl (C=O) groups excluding carboxylic acids is 2. The number of hydrogen-bond acceptors (Lipinski definition) is 3. The fraction of sp³-hybridized carbons (Fsp3) is 0.375. The lowest BCUT2D eigenvalue weighted by Crippen LogP contribution is -2.53. The summed E-state index contributed by atoms with van der Waals surface area (Å²) in [5.41, 5.74) is 2.46. The van der Waals surface area contributed by atoms with Crippen LogP contribution in [0.2, 0.25) is 0 Å². The Kier molecular flexibility index (Phi) is 9.52. The predicted octanol–water partition coefficient (Wildman–Crippen LogP) is 6.03. The number of amides is 2. The second-order valence-electron chi connectivity index (χ2n) is 10.3. The van der Waals surface area contributed by atoms with Gasteiger partial charge in [-0.2, -0.15) is 0 Å². The Bertz CT molecular complexity index is 1190. The van der Waals surface area contributed by atoms with Crippen LogP contribution in [0.1, 0.15) is 62.1 Å². The molecule has 0 radical (unpaired) electrons. The molecule has 1 aliphatic carbocycles. The van der Waals surface area contributed by atoms with E-state index in [0.29, 0.717) is 23.7 Å². The summed E-state index contributed by atoms with van der Waals surface area (Å²) in [5, 5.41) is 3.16. The number of halogens is 1. The molecule has 3 aromatic rings. The van der Waals surface area contributed by atoms with Crippen LogP contribution in [-0.4, -0.2) is 35.4 Å². The highest BCUT2D eigenvalue weighted by Gasteiger charge is 2.32. The van der Waals surface area contributed by atoms with E-state index in [1.807, 2.05) is 54.6 Å². The zero-order valence-corrected chi connectivity index (χ0v) is 22.2. The van der Waals surface area contributed by atoms with E-state index in [-0.39, 0.29) is 31.0 Å². The molecule has 1 N–H and O–H groups in total. The first-order valence-corrected chi connectivity index (χ1v) is 13.5. The number of benzene rings is 3. The van der Waals surface area contributed by atoms with Gasteiger partial charge in [0.25, 0.3) is 5.91 Å². The van der Waals surface area contributed by atoms with Crippen molar-refractivity contribution in [2.24, 2.45) is 0 Å². The molecule has 0 unspecified atom stereocenters. The third-order valence-corrected chi connectivity index (χ3v) is 7.18. The van der Waals surface area contributed by atoms with E-state index in [1.165, 1.54) is 16.5 Å². The Morgan fingerprint density at radius 1 is 0.947 bits per heavy atom. The van der Waals surface area contributed by atoms with Crippen molar-refractivity contribution in [3.63, 3.8) is 0 Å². The van der Waals surface area contributed by atoms with Crippen molar-refractivity contribution in [2.75, 3.05) is 6.61 Å². The Morgan fingerprint density at radius 2 is 1.61 bits per heavy atom. The third kappa shape index (κ3) is 7.44. The number of rotatable bonds is 11. The SMILES string of the molecule is CC(C)c1ccc(OCC(=O)N(Cc2ccccc2F)[C@H](Cc2ccccc2)C(=O)NC2CCCC2)cc1. The van der Waals surface area contributed by atoms with E-state index in [4.69, 9.17) is 4.74 Å². The quantitative estimate of drug-likeness (QED) is 0.339. The Balaban J connectivity index is 1.59. The molecule has 0 aromatic heterocycles. The van der Waals surface area contributed by atoms with Gasteiger partial charge in [-0.25, -0.2) is 4.39 Å². The minimum atomic E-state index is -0.808. The topological polar surface area (TPSA) is 58.6 Å². The van der Waals surface area contributed by atoms with Gasteiger partial charge in [0.2, 0.25) is 5.91 Å². The molecule has 0 saturated heterocycles. The summed E-state index contributed by atoms with van der Waals surface area (Å²) < 4.78 is 20.6. The summed E-state index contributed by atoms with van der Waals surface area (Å²) in [5.74, 6) is -0.0387. The molecule has 2 amide bonds. The maximum atomic E-state index is 14.7. The second kappa shape index (κ2) is 13.2. The highest BCUT2D eigenvalue weighted by molar-refractivity contribution is 5.88. The number of ether oxygens (including phenoxy) is 1. The molecule has 200 valence electrons. The number of nitrogens with zero attached hydrogens (tertiary/aromatic N) is 1. The fourth-order valence-corrected chi connectivity index (χ4v) is 4.91. The molecule has 0 spiro atoms. The molecule has 1 atom stereocenters. The smallest absolute Gasteiger partial charge is 0.261 e. The average molecular weight is 517 g/mol. The predicted molar refractivity (Wildman–Crippen MR) is 147 cm³/mol. The average Bonchev–Trinajstić information content (AvgIpc) is 3.44. The molecule has 38 heavy (non-hydrogen) atoms. The first kappa shape index (κ1) is 27.4. The number of hydrogen-bond donors (Lipinski definition) is 1. The Hall–Kier alpha value is -3.67. The van der Waals surface area contributed by atoms with E-state index >= 15 is 0 Å². The summed E-state index contributed by atoms with van der Waals surface area (Å²) in [6, 6.07) is 22.9. The van der Waals surface area contributed by atoms with Crippen molar-refractivity contribution >= 4 is 11.8 Å². The van der Waals surface area contributed by atoms with Gasteiger partial charge in [-0.15, -0.1) is 0 Å². The highest BCUT2D eigenvalue weighted by atomic mass is 19.1. The Morgan fingerprint density at radius 3 is 2.26 bits per heavy atom. The van der Waals surface area contributed by atoms with Crippen LogP contribution in [0.25, 0.3) is 0 Å². The lowest BCUT2D eigenvalue weighted by Gasteiger charge is -2.32. The molecule has 5 nitrogen and oxygen atoms in total. The van der Waals surface area contributed by atoms with Gasteiger partial charge < -0.3 is 15.0 Å². The third-order valence-electron chi connectivity index (χ3n) is 7.18. The van der Waals surface area contributed by atoms with Crippen LogP contribution in [0.15, 0.2) is 78.9 Å². The summed E-state index contributed by atoms with van der Waals surface area (Å²) in [6.07, 6.45) is 4.34. The molecular weight excluding hydrogens is 479 g/mol. The lowest BCUT2D eigenvalue weighted by molar-refractivity contribution is -0.143. The van der Waals surface area contributed by atoms with Crippen LogP contribution in [-0.2, 0) is 22.6 Å². The molecule has 0 heterocycles. The molecule has 0 aliphatic heterocycles. The van der Waals surface area contributed by atoms with E-state index in [1.54, 1.807) is 18.2 Å². The van der Waals surface area contributed by atoms with Crippen LogP contribution < -0.4 is 10.1 Å². The van der Waals surface area contributed by atoms with Crippen molar-refractivity contribution in [1.29, 1.82) is 0 Å².